The highest BCUT2D eigenvalue weighted by molar-refractivity contribution is 4.94. The molecule has 0 bridgehead atoms. The zero-order chi connectivity index (χ0) is 6.32. The summed E-state index contributed by atoms with van der Waals surface area (Å²) in [6, 6.07) is 0. The molecule has 0 aromatic carbocycles. The minimum Gasteiger partial charge on any atom is -0.375 e. The summed E-state index contributed by atoms with van der Waals surface area (Å²) in [4.78, 5) is 0. The summed E-state index contributed by atoms with van der Waals surface area (Å²) in [6.45, 7) is 3.30. The molecule has 1 heteroatoms. The van der Waals surface area contributed by atoms with Gasteiger partial charge in [-0.15, -0.1) is 0 Å². The van der Waals surface area contributed by atoms with Crippen LogP contribution in [0.2, 0.25) is 0 Å². The highest BCUT2D eigenvalue weighted by Crippen LogP contribution is 2.43. The Kier molecular flexibility index (Phi) is 1.10. The first-order chi connectivity index (χ1) is 4.31. The Hall–Kier alpha value is -0.0400. The van der Waals surface area contributed by atoms with E-state index in [-0.39, 0.29) is 0 Å². The molecule has 2 fully saturated rings. The summed E-state index contributed by atoms with van der Waals surface area (Å²) in [5.74, 6) is 0.909. The van der Waals surface area contributed by atoms with Crippen LogP contribution < -0.4 is 0 Å². The van der Waals surface area contributed by atoms with Gasteiger partial charge in [-0.25, -0.2) is 0 Å². The molecule has 2 atom stereocenters. The van der Waals surface area contributed by atoms with Gasteiger partial charge in [-0.2, -0.15) is 0 Å². The van der Waals surface area contributed by atoms with Crippen molar-refractivity contribution in [3.8, 4) is 0 Å². The van der Waals surface area contributed by atoms with Gasteiger partial charge in [0.15, 0.2) is 0 Å². The molecule has 2 aliphatic rings. The molecule has 2 unspecified atom stereocenters. The van der Waals surface area contributed by atoms with Crippen molar-refractivity contribution >= 4 is 0 Å². The molecule has 2 rings (SSSR count). The fourth-order valence-corrected chi connectivity index (χ4v) is 2.02. The number of ether oxygens (including phenoxy) is 1. The van der Waals surface area contributed by atoms with Crippen LogP contribution in [0.25, 0.3) is 0 Å². The average Bonchev–Trinajstić information content (AvgIpc) is 1.82. The van der Waals surface area contributed by atoms with E-state index < -0.39 is 0 Å². The summed E-state index contributed by atoms with van der Waals surface area (Å²) >= 11 is 0. The van der Waals surface area contributed by atoms with Crippen molar-refractivity contribution in [2.75, 3.05) is 6.61 Å². The molecule has 1 nitrogen and oxygen atoms in total. The van der Waals surface area contributed by atoms with Crippen LogP contribution in [0.3, 0.4) is 0 Å². The maximum absolute atomic E-state index is 5.52. The highest BCUT2D eigenvalue weighted by Gasteiger charge is 2.45. The maximum atomic E-state index is 5.52. The maximum Gasteiger partial charge on any atom is 0.0704 e. The third-order valence-electron chi connectivity index (χ3n) is 2.95. The van der Waals surface area contributed by atoms with Crippen molar-refractivity contribution in [3.63, 3.8) is 0 Å². The van der Waals surface area contributed by atoms with Gasteiger partial charge in [0, 0.05) is 5.92 Å². The predicted octanol–water partition coefficient (Wildman–Crippen LogP) is 1.97. The van der Waals surface area contributed by atoms with E-state index in [2.05, 4.69) is 6.92 Å². The van der Waals surface area contributed by atoms with Crippen LogP contribution in [0, 0.1) is 5.92 Å². The molecule has 0 spiro atoms. The van der Waals surface area contributed by atoms with Gasteiger partial charge in [0.05, 0.1) is 12.2 Å². The van der Waals surface area contributed by atoms with Crippen molar-refractivity contribution in [1.82, 2.24) is 0 Å². The van der Waals surface area contributed by atoms with Gasteiger partial charge in [0.2, 0.25) is 0 Å². The SMILES string of the molecule is CC12CCCCC1CO2. The summed E-state index contributed by atoms with van der Waals surface area (Å²) < 4.78 is 5.52. The molecule has 1 heterocycles. The third-order valence-corrected chi connectivity index (χ3v) is 2.95. The lowest BCUT2D eigenvalue weighted by molar-refractivity contribution is -0.210. The molecule has 1 aliphatic carbocycles. The number of hydrogen-bond donors (Lipinski definition) is 0. The first-order valence-corrected chi connectivity index (χ1v) is 3.95. The topological polar surface area (TPSA) is 9.23 Å². The quantitative estimate of drug-likeness (QED) is 0.482. The predicted molar refractivity (Wildman–Crippen MR) is 36.3 cm³/mol. The van der Waals surface area contributed by atoms with E-state index in [1.165, 1.54) is 25.7 Å². The van der Waals surface area contributed by atoms with E-state index in [1.807, 2.05) is 0 Å². The minimum atomic E-state index is 0.318. The van der Waals surface area contributed by atoms with Crippen molar-refractivity contribution in [1.29, 1.82) is 0 Å². The fourth-order valence-electron chi connectivity index (χ4n) is 2.02. The van der Waals surface area contributed by atoms with Gasteiger partial charge < -0.3 is 4.74 Å². The molecule has 1 saturated carbocycles. The van der Waals surface area contributed by atoms with Crippen LogP contribution in [0.15, 0.2) is 0 Å². The molecule has 0 amide bonds. The van der Waals surface area contributed by atoms with Gasteiger partial charge in [-0.1, -0.05) is 12.8 Å². The molecule has 0 aromatic rings. The lowest BCUT2D eigenvalue weighted by Crippen LogP contribution is -2.52. The monoisotopic (exact) mass is 126 g/mol. The third kappa shape index (κ3) is 0.710. The Bertz CT molecular complexity index is 122. The Labute approximate surface area is 56.4 Å². The molecule has 9 heavy (non-hydrogen) atoms. The second kappa shape index (κ2) is 1.72. The Morgan fingerprint density at radius 2 is 2.33 bits per heavy atom. The molecular weight excluding hydrogens is 112 g/mol. The highest BCUT2D eigenvalue weighted by atomic mass is 16.5. The van der Waals surface area contributed by atoms with Crippen LogP contribution in [-0.2, 0) is 4.74 Å². The van der Waals surface area contributed by atoms with E-state index in [1.54, 1.807) is 0 Å². The van der Waals surface area contributed by atoms with Crippen molar-refractivity contribution in [3.05, 3.63) is 0 Å². The summed E-state index contributed by atoms with van der Waals surface area (Å²) in [5.41, 5.74) is 0.318. The van der Waals surface area contributed by atoms with Crippen molar-refractivity contribution < 1.29 is 4.74 Å². The van der Waals surface area contributed by atoms with Crippen molar-refractivity contribution in [2.45, 2.75) is 38.2 Å². The summed E-state index contributed by atoms with van der Waals surface area (Å²) in [7, 11) is 0. The smallest absolute Gasteiger partial charge is 0.0704 e. The molecule has 0 N–H and O–H groups in total. The molecule has 0 radical (unpaired) electrons. The largest absolute Gasteiger partial charge is 0.375 e. The summed E-state index contributed by atoms with van der Waals surface area (Å²) in [5, 5.41) is 0. The molecule has 1 aliphatic heterocycles. The average molecular weight is 126 g/mol. The second-order valence-electron chi connectivity index (χ2n) is 3.57. The van der Waals surface area contributed by atoms with E-state index in [0.717, 1.165) is 12.5 Å². The van der Waals surface area contributed by atoms with Crippen LogP contribution in [0.4, 0.5) is 0 Å². The lowest BCUT2D eigenvalue weighted by Gasteiger charge is -2.50. The van der Waals surface area contributed by atoms with E-state index in [9.17, 15) is 0 Å². The Morgan fingerprint density at radius 3 is 2.67 bits per heavy atom. The number of rotatable bonds is 0. The Morgan fingerprint density at radius 1 is 1.44 bits per heavy atom. The molecular formula is C8H14O. The van der Waals surface area contributed by atoms with Gasteiger partial charge in [-0.3, -0.25) is 0 Å². The Balaban J connectivity index is 2.05. The van der Waals surface area contributed by atoms with E-state index >= 15 is 0 Å². The zero-order valence-electron chi connectivity index (χ0n) is 6.02. The minimum absolute atomic E-state index is 0.318. The van der Waals surface area contributed by atoms with Crippen LogP contribution in [-0.4, -0.2) is 12.2 Å². The van der Waals surface area contributed by atoms with Gasteiger partial charge in [-0.05, 0) is 19.8 Å². The van der Waals surface area contributed by atoms with Crippen molar-refractivity contribution in [2.24, 2.45) is 5.92 Å². The molecule has 0 aromatic heterocycles. The standard InChI is InChI=1S/C8H14O/c1-8-5-3-2-4-7(8)6-9-8/h7H,2-6H2,1H3. The first-order valence-electron chi connectivity index (χ1n) is 3.95. The van der Waals surface area contributed by atoms with Crippen LogP contribution in [0.1, 0.15) is 32.6 Å². The van der Waals surface area contributed by atoms with E-state index in [4.69, 9.17) is 4.74 Å². The molecule has 1 saturated heterocycles. The fraction of sp³-hybridized carbons (Fsp3) is 1.00. The molecule has 52 valence electrons. The van der Waals surface area contributed by atoms with Gasteiger partial charge in [0.1, 0.15) is 0 Å². The zero-order valence-corrected chi connectivity index (χ0v) is 6.02. The summed E-state index contributed by atoms with van der Waals surface area (Å²) in [6.07, 6.45) is 5.53. The normalized spacial score (nSPS) is 49.7. The number of fused-ring (bicyclic) bond motifs is 1. The van der Waals surface area contributed by atoms with Crippen LogP contribution in [0.5, 0.6) is 0 Å². The van der Waals surface area contributed by atoms with Crippen LogP contribution >= 0.6 is 0 Å². The number of hydrogen-bond acceptors (Lipinski definition) is 1. The second-order valence-corrected chi connectivity index (χ2v) is 3.57. The lowest BCUT2D eigenvalue weighted by atomic mass is 9.73. The van der Waals surface area contributed by atoms with Gasteiger partial charge >= 0.3 is 0 Å². The van der Waals surface area contributed by atoms with Gasteiger partial charge in [0.25, 0.3) is 0 Å². The van der Waals surface area contributed by atoms with E-state index in [0.29, 0.717) is 5.60 Å². The first kappa shape index (κ1) is 5.72.